The Balaban J connectivity index is -0.00000000923. The molecule has 0 aromatic carbocycles. The van der Waals surface area contributed by atoms with Crippen molar-refractivity contribution in [3.05, 3.63) is 0 Å². The maximum Gasteiger partial charge on any atom is 2.00 e. The van der Waals surface area contributed by atoms with E-state index in [-0.39, 0.29) is 144 Å². The van der Waals surface area contributed by atoms with Gasteiger partial charge in [-0.1, -0.05) is 0 Å². The average molecular weight is 390 g/mol. The molecular weight excluding hydrogens is 368 g/mol. The summed E-state index contributed by atoms with van der Waals surface area (Å²) >= 11 is 0. The quantitative estimate of drug-likeness (QED) is 0.331. The Morgan fingerprint density at radius 1 is 0.750 bits per heavy atom. The first kappa shape index (κ1) is 49.5. The van der Waals surface area contributed by atoms with Crippen molar-refractivity contribution >= 4 is 131 Å². The Bertz CT molecular complexity index is 263. The molecule has 11 nitrogen and oxygen atoms in total. The second-order valence-electron chi connectivity index (χ2n) is 2.48. The summed E-state index contributed by atoms with van der Waals surface area (Å²) in [5.74, 6) is -5.02. The average Bonchev–Trinajstić information content (AvgIpc) is 1.82. The normalized spacial score (nSPS) is 7.05. The van der Waals surface area contributed by atoms with E-state index in [0.717, 1.165) is 0 Å². The van der Waals surface area contributed by atoms with Crippen LogP contribution in [0.5, 0.6) is 0 Å². The minimum Gasteiger partial charge on any atom is -1.00 e. The van der Waals surface area contributed by atoms with Gasteiger partial charge in [-0.15, -0.1) is 0 Å². The molecule has 0 fully saturated rings. The molecule has 118 valence electrons. The summed E-state index contributed by atoms with van der Waals surface area (Å²) in [6.07, 6.45) is -2.29. The smallest absolute Gasteiger partial charge is 1.00 e. The number of hydrogen-bond donors (Lipinski definition) is 4. The van der Waals surface area contributed by atoms with Gasteiger partial charge in [-0.3, -0.25) is 9.59 Å². The molecule has 0 amide bonds. The standard InChI is InChI=1S/C6H8O7.3Ca.4H2O.6H/c7-3(8)1-6(13,5(11)12)2-4(9)10;;;;;;;;;;;;;/h13H,1-2H2,(H,7,8)(H,9,10)(H,11,12);;;;4*1H2;;;;;;/q;3*+2;;;;;6*-1. The second-order valence-corrected chi connectivity index (χ2v) is 2.48. The Morgan fingerprint density at radius 2 is 0.950 bits per heavy atom. The van der Waals surface area contributed by atoms with Crippen LogP contribution in [-0.2, 0) is 14.4 Å². The van der Waals surface area contributed by atoms with Crippen LogP contribution in [0.4, 0.5) is 0 Å². The predicted octanol–water partition coefficient (Wildman–Crippen LogP) is -5.01. The summed E-state index contributed by atoms with van der Waals surface area (Å²) in [6, 6.07) is 0. The minimum atomic E-state index is -2.74. The molecule has 0 aliphatic heterocycles. The fourth-order valence-corrected chi connectivity index (χ4v) is 0.714. The molecule has 0 atom stereocenters. The molecule has 14 heteroatoms. The summed E-state index contributed by atoms with van der Waals surface area (Å²) in [5, 5.41) is 33.8. The SMILES string of the molecule is O.O.O.O.O=C(O)CC(O)(CC(=O)O)C(=O)O.[Ca+2].[Ca+2].[Ca+2].[H-].[H-].[H-].[H-].[H-].[H-]. The van der Waals surface area contributed by atoms with Gasteiger partial charge in [0, 0.05) is 0 Å². The van der Waals surface area contributed by atoms with Gasteiger partial charge in [0.1, 0.15) is 0 Å². The molecule has 0 saturated carbocycles. The first-order valence-electron chi connectivity index (χ1n) is 3.17. The summed E-state index contributed by atoms with van der Waals surface area (Å²) in [4.78, 5) is 30.5. The van der Waals surface area contributed by atoms with Crippen LogP contribution in [0.25, 0.3) is 0 Å². The number of aliphatic carboxylic acids is 3. The van der Waals surface area contributed by atoms with Gasteiger partial charge in [-0.25, -0.2) is 4.79 Å². The Morgan fingerprint density at radius 3 is 1.05 bits per heavy atom. The number of rotatable bonds is 5. The zero-order valence-corrected chi connectivity index (χ0v) is 17.2. The van der Waals surface area contributed by atoms with Gasteiger partial charge >= 0.3 is 131 Å². The molecule has 0 aromatic heterocycles. The van der Waals surface area contributed by atoms with Crippen molar-refractivity contribution in [2.75, 3.05) is 0 Å². The van der Waals surface area contributed by atoms with Crippen LogP contribution < -0.4 is 0 Å². The molecule has 20 heavy (non-hydrogen) atoms. The first-order valence-corrected chi connectivity index (χ1v) is 3.17. The van der Waals surface area contributed by atoms with Gasteiger partial charge in [0.05, 0.1) is 12.8 Å². The van der Waals surface area contributed by atoms with E-state index in [4.69, 9.17) is 20.4 Å². The fourth-order valence-electron chi connectivity index (χ4n) is 0.714. The second kappa shape index (κ2) is 23.3. The maximum absolute atomic E-state index is 10.3. The Kier molecular flexibility index (Phi) is 57.6. The van der Waals surface area contributed by atoms with Gasteiger partial charge in [0.2, 0.25) is 0 Å². The topological polar surface area (TPSA) is 258 Å². The molecule has 0 unspecified atom stereocenters. The van der Waals surface area contributed by atoms with Crippen molar-refractivity contribution in [3.63, 3.8) is 0 Å². The van der Waals surface area contributed by atoms with Crippen LogP contribution in [0.2, 0.25) is 0 Å². The zero-order valence-electron chi connectivity index (χ0n) is 16.5. The molecule has 0 bridgehead atoms. The molecule has 0 aliphatic carbocycles. The van der Waals surface area contributed by atoms with Crippen molar-refractivity contribution in [3.8, 4) is 0 Å². The molecular formula is C6H22Ca3O11. The molecule has 0 heterocycles. The van der Waals surface area contributed by atoms with Crippen LogP contribution in [0.3, 0.4) is 0 Å². The largest absolute Gasteiger partial charge is 2.00 e. The fraction of sp³-hybridized carbons (Fsp3) is 0.500. The molecule has 0 rings (SSSR count). The van der Waals surface area contributed by atoms with Crippen molar-refractivity contribution in [2.24, 2.45) is 0 Å². The third-order valence-corrected chi connectivity index (χ3v) is 1.29. The first-order chi connectivity index (χ1) is 5.78. The van der Waals surface area contributed by atoms with Crippen LogP contribution in [0.15, 0.2) is 0 Å². The Hall–Kier alpha value is 1.99. The number of hydrogen-bond acceptors (Lipinski definition) is 4. The summed E-state index contributed by atoms with van der Waals surface area (Å²) < 4.78 is 0. The van der Waals surface area contributed by atoms with E-state index >= 15 is 0 Å². The maximum atomic E-state index is 10.3. The summed E-state index contributed by atoms with van der Waals surface area (Å²) in [6.45, 7) is 0. The summed E-state index contributed by atoms with van der Waals surface area (Å²) in [5.41, 5.74) is -2.74. The van der Waals surface area contributed by atoms with E-state index in [2.05, 4.69) is 0 Å². The number of carbonyl (C=O) groups is 3. The van der Waals surface area contributed by atoms with Gasteiger partial charge in [-0.2, -0.15) is 0 Å². The third-order valence-electron chi connectivity index (χ3n) is 1.29. The molecule has 0 radical (unpaired) electrons. The van der Waals surface area contributed by atoms with E-state index in [1.807, 2.05) is 0 Å². The van der Waals surface area contributed by atoms with E-state index in [0.29, 0.717) is 0 Å². The number of aliphatic hydroxyl groups is 1. The number of carboxylic acid groups (broad SMARTS) is 3. The van der Waals surface area contributed by atoms with Crippen molar-refractivity contribution in [1.29, 1.82) is 0 Å². The molecule has 0 aliphatic rings. The van der Waals surface area contributed by atoms with Crippen molar-refractivity contribution in [1.82, 2.24) is 0 Å². The van der Waals surface area contributed by atoms with Gasteiger partial charge < -0.3 is 50.9 Å². The van der Waals surface area contributed by atoms with Crippen molar-refractivity contribution in [2.45, 2.75) is 18.4 Å². The molecule has 0 saturated heterocycles. The minimum absolute atomic E-state index is 0. The van der Waals surface area contributed by atoms with Crippen LogP contribution in [-0.4, -0.2) is 179 Å². The molecule has 0 aromatic rings. The zero-order chi connectivity index (χ0) is 10.6. The van der Waals surface area contributed by atoms with Crippen LogP contribution in [0.1, 0.15) is 21.4 Å². The van der Waals surface area contributed by atoms with Gasteiger partial charge in [-0.05, 0) is 0 Å². The van der Waals surface area contributed by atoms with E-state index in [1.165, 1.54) is 0 Å². The third kappa shape index (κ3) is 22.3. The van der Waals surface area contributed by atoms with E-state index in [1.54, 1.807) is 0 Å². The molecule has 0 spiro atoms. The van der Waals surface area contributed by atoms with Gasteiger partial charge in [0.25, 0.3) is 0 Å². The van der Waals surface area contributed by atoms with Crippen molar-refractivity contribution < 1.29 is 65.3 Å². The predicted molar refractivity (Wildman–Crippen MR) is 75.5 cm³/mol. The monoisotopic (exact) mass is 390 g/mol. The van der Waals surface area contributed by atoms with E-state index in [9.17, 15) is 14.4 Å². The Labute approximate surface area is 211 Å². The van der Waals surface area contributed by atoms with Crippen LogP contribution in [0, 0.1) is 0 Å². The summed E-state index contributed by atoms with van der Waals surface area (Å²) in [7, 11) is 0. The van der Waals surface area contributed by atoms with E-state index < -0.39 is 36.4 Å². The molecule has 12 N–H and O–H groups in total. The number of carboxylic acids is 3. The van der Waals surface area contributed by atoms with Gasteiger partial charge in [0.15, 0.2) is 5.60 Å². The van der Waals surface area contributed by atoms with Crippen LogP contribution >= 0.6 is 0 Å².